The van der Waals surface area contributed by atoms with E-state index in [-0.39, 0.29) is 15.7 Å². The fourth-order valence-electron chi connectivity index (χ4n) is 2.45. The quantitative estimate of drug-likeness (QED) is 0.723. The SMILES string of the molecule is Cc1ccccc1[N]1[Ge][CH2]c2cccc(C)c21. The van der Waals surface area contributed by atoms with Crippen LogP contribution in [0.25, 0.3) is 0 Å². The molecule has 1 aliphatic heterocycles. The maximum atomic E-state index is 2.58. The number of rotatable bonds is 1. The van der Waals surface area contributed by atoms with Crippen molar-refractivity contribution in [2.45, 2.75) is 19.1 Å². The van der Waals surface area contributed by atoms with Crippen molar-refractivity contribution in [3.8, 4) is 0 Å². The van der Waals surface area contributed by atoms with Crippen molar-refractivity contribution in [3.63, 3.8) is 0 Å². The van der Waals surface area contributed by atoms with Crippen LogP contribution in [0.3, 0.4) is 0 Å². The monoisotopic (exact) mass is 283 g/mol. The van der Waals surface area contributed by atoms with E-state index in [0.29, 0.717) is 0 Å². The molecule has 0 aliphatic carbocycles. The summed E-state index contributed by atoms with van der Waals surface area (Å²) in [4.78, 5) is 0. The summed E-state index contributed by atoms with van der Waals surface area (Å²) in [6.07, 6.45) is 0. The van der Waals surface area contributed by atoms with Gasteiger partial charge in [-0.3, -0.25) is 0 Å². The fourth-order valence-corrected chi connectivity index (χ4v) is 5.62. The summed E-state index contributed by atoms with van der Waals surface area (Å²) in [6, 6.07) is 15.4. The van der Waals surface area contributed by atoms with Gasteiger partial charge in [-0.05, 0) is 0 Å². The molecule has 1 heterocycles. The van der Waals surface area contributed by atoms with Crippen LogP contribution in [0.15, 0.2) is 42.5 Å². The van der Waals surface area contributed by atoms with Crippen molar-refractivity contribution in [3.05, 3.63) is 59.2 Å². The number of hydrogen-bond acceptors (Lipinski definition) is 1. The fraction of sp³-hybridized carbons (Fsp3) is 0.200. The van der Waals surface area contributed by atoms with Gasteiger partial charge in [-0.1, -0.05) is 0 Å². The van der Waals surface area contributed by atoms with Gasteiger partial charge < -0.3 is 0 Å². The van der Waals surface area contributed by atoms with Crippen molar-refractivity contribution >= 4 is 27.0 Å². The molecule has 0 N–H and O–H groups in total. The van der Waals surface area contributed by atoms with Gasteiger partial charge in [-0.2, -0.15) is 0 Å². The van der Waals surface area contributed by atoms with Gasteiger partial charge in [-0.25, -0.2) is 0 Å². The first kappa shape index (κ1) is 10.9. The zero-order valence-electron chi connectivity index (χ0n) is 10.2. The number of hydrogen-bond donors (Lipinski definition) is 0. The molecule has 1 nitrogen and oxygen atoms in total. The molecule has 0 atom stereocenters. The van der Waals surface area contributed by atoms with Crippen molar-refractivity contribution < 1.29 is 0 Å². The number of fused-ring (bicyclic) bond motifs is 1. The van der Waals surface area contributed by atoms with Crippen LogP contribution in [0.1, 0.15) is 16.7 Å². The summed E-state index contributed by atoms with van der Waals surface area (Å²) in [5.41, 5.74) is 7.20. The zero-order chi connectivity index (χ0) is 11.8. The topological polar surface area (TPSA) is 3.24 Å². The normalized spacial score (nSPS) is 13.9. The minimum atomic E-state index is -0.0733. The predicted molar refractivity (Wildman–Crippen MR) is 74.0 cm³/mol. The Balaban J connectivity index is 2.13. The molecule has 0 fully saturated rings. The van der Waals surface area contributed by atoms with Gasteiger partial charge in [0, 0.05) is 0 Å². The Bertz CT molecular complexity index is 563. The third kappa shape index (κ3) is 1.79. The van der Waals surface area contributed by atoms with Crippen LogP contribution in [-0.4, -0.2) is 15.7 Å². The summed E-state index contributed by atoms with van der Waals surface area (Å²) in [7, 11) is 0. The van der Waals surface area contributed by atoms with Gasteiger partial charge in [0.15, 0.2) is 0 Å². The standard InChI is InChI=1S/C15H15GeN/c1-11-6-3-4-9-14(11)17-15-12(2)7-5-8-13(15)10-16-17/h3-9H,10H2,1-2H3. The van der Waals surface area contributed by atoms with Crippen molar-refractivity contribution in [2.24, 2.45) is 0 Å². The molecular weight excluding hydrogens is 267 g/mol. The van der Waals surface area contributed by atoms with E-state index in [9.17, 15) is 0 Å². The van der Waals surface area contributed by atoms with Crippen molar-refractivity contribution in [1.82, 2.24) is 0 Å². The van der Waals surface area contributed by atoms with Crippen LogP contribution in [0, 0.1) is 13.8 Å². The van der Waals surface area contributed by atoms with Crippen molar-refractivity contribution in [1.29, 1.82) is 0 Å². The van der Waals surface area contributed by atoms with Gasteiger partial charge in [-0.15, -0.1) is 0 Å². The maximum absolute atomic E-state index is 2.58. The van der Waals surface area contributed by atoms with E-state index in [2.05, 4.69) is 60.2 Å². The van der Waals surface area contributed by atoms with E-state index in [1.807, 2.05) is 0 Å². The summed E-state index contributed by atoms with van der Waals surface area (Å²) < 4.78 is 2.58. The molecule has 0 unspecified atom stereocenters. The van der Waals surface area contributed by atoms with Gasteiger partial charge in [0.2, 0.25) is 0 Å². The second kappa shape index (κ2) is 4.22. The second-order valence-electron chi connectivity index (χ2n) is 4.54. The molecule has 3 rings (SSSR count). The predicted octanol–water partition coefficient (Wildman–Crippen LogP) is 3.57. The number of nitrogens with zero attached hydrogens (tertiary/aromatic N) is 1. The number of para-hydroxylation sites is 2. The molecule has 1 aliphatic rings. The first-order valence-corrected chi connectivity index (χ1v) is 8.37. The minimum absolute atomic E-state index is 0.0733. The van der Waals surface area contributed by atoms with E-state index >= 15 is 0 Å². The van der Waals surface area contributed by atoms with Crippen molar-refractivity contribution in [2.75, 3.05) is 3.86 Å². The van der Waals surface area contributed by atoms with E-state index in [0.717, 1.165) is 0 Å². The zero-order valence-corrected chi connectivity index (χ0v) is 12.3. The molecule has 0 bridgehead atoms. The van der Waals surface area contributed by atoms with Gasteiger partial charge in [0.1, 0.15) is 0 Å². The Hall–Kier alpha value is -1.22. The van der Waals surface area contributed by atoms with Crippen LogP contribution in [0.5, 0.6) is 0 Å². The van der Waals surface area contributed by atoms with Gasteiger partial charge in [0.05, 0.1) is 0 Å². The Labute approximate surface area is 109 Å². The number of benzene rings is 2. The number of aryl methyl sites for hydroxylation is 2. The summed E-state index contributed by atoms with van der Waals surface area (Å²) in [5.74, 6) is 0. The van der Waals surface area contributed by atoms with E-state index in [1.54, 1.807) is 0 Å². The van der Waals surface area contributed by atoms with Gasteiger partial charge in [0.25, 0.3) is 0 Å². The Morgan fingerprint density at radius 1 is 0.941 bits per heavy atom. The van der Waals surface area contributed by atoms with Crippen LogP contribution >= 0.6 is 0 Å². The number of anilines is 2. The summed E-state index contributed by atoms with van der Waals surface area (Å²) in [5, 5.41) is 1.28. The average molecular weight is 282 g/mol. The van der Waals surface area contributed by atoms with Crippen LogP contribution in [-0.2, 0) is 5.25 Å². The third-order valence-electron chi connectivity index (χ3n) is 3.33. The van der Waals surface area contributed by atoms with Gasteiger partial charge >= 0.3 is 109 Å². The third-order valence-corrected chi connectivity index (χ3v) is 6.10. The molecule has 0 spiro atoms. The molecule has 0 saturated heterocycles. The molecule has 2 aromatic carbocycles. The molecule has 0 amide bonds. The average Bonchev–Trinajstić information content (AvgIpc) is 2.75. The van der Waals surface area contributed by atoms with E-state index in [4.69, 9.17) is 0 Å². The summed E-state index contributed by atoms with van der Waals surface area (Å²) >= 11 is -0.0733. The Morgan fingerprint density at radius 2 is 1.71 bits per heavy atom. The first-order chi connectivity index (χ1) is 8.27. The molecule has 2 heteroatoms. The first-order valence-electron chi connectivity index (χ1n) is 5.95. The van der Waals surface area contributed by atoms with Crippen LogP contribution in [0.4, 0.5) is 11.4 Å². The summed E-state index contributed by atoms with van der Waals surface area (Å²) in [6.45, 7) is 4.43. The van der Waals surface area contributed by atoms with E-state index < -0.39 is 0 Å². The molecule has 0 saturated carbocycles. The Kier molecular flexibility index (Phi) is 2.71. The molecule has 17 heavy (non-hydrogen) atoms. The molecule has 2 radical (unpaired) electrons. The molecular formula is C15H15GeN. The second-order valence-corrected chi connectivity index (χ2v) is 6.88. The van der Waals surface area contributed by atoms with E-state index in [1.165, 1.54) is 33.3 Å². The van der Waals surface area contributed by atoms with Crippen LogP contribution in [0.2, 0.25) is 0 Å². The molecule has 2 aromatic rings. The molecule has 84 valence electrons. The van der Waals surface area contributed by atoms with Crippen LogP contribution < -0.4 is 3.86 Å². The molecule has 0 aromatic heterocycles. The Morgan fingerprint density at radius 3 is 2.53 bits per heavy atom.